The van der Waals surface area contributed by atoms with Gasteiger partial charge in [-0.2, -0.15) is 0 Å². The van der Waals surface area contributed by atoms with Crippen molar-refractivity contribution in [1.82, 2.24) is 4.98 Å². The number of hydrogen-bond acceptors (Lipinski definition) is 4. The van der Waals surface area contributed by atoms with Gasteiger partial charge in [0, 0.05) is 6.07 Å². The molecule has 0 bridgehead atoms. The number of rotatable bonds is 4. The zero-order valence-corrected chi connectivity index (χ0v) is 12.8. The fraction of sp³-hybridized carbons (Fsp3) is 0.214. The molecule has 0 atom stereocenters. The molecule has 0 fully saturated rings. The van der Waals surface area contributed by atoms with Crippen molar-refractivity contribution in [2.45, 2.75) is 20.4 Å². The Hall–Kier alpha value is -1.95. The minimum atomic E-state index is -0.372. The highest BCUT2D eigenvalue weighted by Gasteiger charge is 2.15. The Kier molecular flexibility index (Phi) is 4.34. The Morgan fingerprint density at radius 1 is 1.30 bits per heavy atom. The number of halogens is 1. The molecule has 2 aromatic rings. The van der Waals surface area contributed by atoms with Crippen LogP contribution < -0.4 is 5.32 Å². The minimum Gasteiger partial charge on any atom is -0.374 e. The second-order valence-corrected chi connectivity index (χ2v) is 5.33. The summed E-state index contributed by atoms with van der Waals surface area (Å²) in [4.78, 5) is 15.0. The number of nitrogens with zero attached hydrogens (tertiary/aromatic N) is 2. The average molecular weight is 336 g/mol. The van der Waals surface area contributed by atoms with Crippen LogP contribution in [0.25, 0.3) is 0 Å². The van der Waals surface area contributed by atoms with Gasteiger partial charge in [-0.1, -0.05) is 6.07 Å². The Morgan fingerprint density at radius 2 is 2.00 bits per heavy atom. The molecular formula is C14H14BrN3O2. The van der Waals surface area contributed by atoms with Crippen molar-refractivity contribution >= 4 is 27.3 Å². The van der Waals surface area contributed by atoms with Crippen molar-refractivity contribution in [3.63, 3.8) is 0 Å². The van der Waals surface area contributed by atoms with Gasteiger partial charge in [-0.3, -0.25) is 10.1 Å². The third kappa shape index (κ3) is 3.33. The summed E-state index contributed by atoms with van der Waals surface area (Å²) in [6.07, 6.45) is 0. The van der Waals surface area contributed by atoms with Crippen LogP contribution in [-0.2, 0) is 6.54 Å². The lowest BCUT2D eigenvalue weighted by Gasteiger charge is -2.09. The Bertz CT molecular complexity index is 659. The molecule has 5 nitrogen and oxygen atoms in total. The molecule has 20 heavy (non-hydrogen) atoms. The topological polar surface area (TPSA) is 68.1 Å². The molecule has 1 heterocycles. The van der Waals surface area contributed by atoms with Crippen LogP contribution in [0, 0.1) is 24.0 Å². The molecule has 0 spiro atoms. The molecule has 0 saturated carbocycles. The molecule has 1 aromatic heterocycles. The first-order chi connectivity index (χ1) is 9.47. The zero-order valence-electron chi connectivity index (χ0n) is 11.2. The van der Waals surface area contributed by atoms with Gasteiger partial charge < -0.3 is 5.32 Å². The smallest absolute Gasteiger partial charge is 0.292 e. The number of pyridine rings is 1. The molecule has 104 valence electrons. The molecule has 0 aliphatic heterocycles. The van der Waals surface area contributed by atoms with E-state index in [0.29, 0.717) is 12.2 Å². The fourth-order valence-electron chi connectivity index (χ4n) is 1.83. The molecule has 0 aliphatic carbocycles. The minimum absolute atomic E-state index is 0.0862. The van der Waals surface area contributed by atoms with Crippen LogP contribution in [-0.4, -0.2) is 9.91 Å². The van der Waals surface area contributed by atoms with Crippen molar-refractivity contribution in [2.75, 3.05) is 5.32 Å². The molecule has 2 rings (SSSR count). The van der Waals surface area contributed by atoms with E-state index < -0.39 is 0 Å². The van der Waals surface area contributed by atoms with Crippen molar-refractivity contribution in [1.29, 1.82) is 0 Å². The lowest BCUT2D eigenvalue weighted by Crippen LogP contribution is -2.05. The Labute approximate surface area is 125 Å². The van der Waals surface area contributed by atoms with Crippen LogP contribution in [0.15, 0.2) is 34.9 Å². The average Bonchev–Trinajstić information content (AvgIpc) is 2.39. The molecular weight excluding hydrogens is 322 g/mol. The monoisotopic (exact) mass is 335 g/mol. The van der Waals surface area contributed by atoms with E-state index in [2.05, 4.69) is 26.2 Å². The molecule has 6 heteroatoms. The first-order valence-corrected chi connectivity index (χ1v) is 6.87. The normalized spacial score (nSPS) is 10.3. The summed E-state index contributed by atoms with van der Waals surface area (Å²) < 4.78 is 0.742. The van der Waals surface area contributed by atoms with E-state index in [9.17, 15) is 10.1 Å². The van der Waals surface area contributed by atoms with Crippen LogP contribution in [0.5, 0.6) is 0 Å². The molecule has 0 saturated heterocycles. The highest BCUT2D eigenvalue weighted by atomic mass is 79.9. The summed E-state index contributed by atoms with van der Waals surface area (Å²) in [7, 11) is 0. The summed E-state index contributed by atoms with van der Waals surface area (Å²) in [5, 5.41) is 14.2. The standard InChI is InChI=1S/C14H14BrN3O2/c1-9-6-12(13(18(19)20)7-10(9)2)16-8-11-4-3-5-14(15)17-11/h3-7,16H,8H2,1-2H3. The number of aromatic nitrogens is 1. The maximum atomic E-state index is 11.1. The predicted molar refractivity (Wildman–Crippen MR) is 81.8 cm³/mol. The van der Waals surface area contributed by atoms with Gasteiger partial charge in [-0.15, -0.1) is 0 Å². The lowest BCUT2D eigenvalue weighted by atomic mass is 10.1. The summed E-state index contributed by atoms with van der Waals surface area (Å²) in [6, 6.07) is 8.97. The van der Waals surface area contributed by atoms with Crippen molar-refractivity contribution in [2.24, 2.45) is 0 Å². The lowest BCUT2D eigenvalue weighted by molar-refractivity contribution is -0.384. The van der Waals surface area contributed by atoms with Crippen LogP contribution in [0.1, 0.15) is 16.8 Å². The SMILES string of the molecule is Cc1cc(NCc2cccc(Br)n2)c([N+](=O)[O-])cc1C. The Morgan fingerprint density at radius 3 is 2.65 bits per heavy atom. The van der Waals surface area contributed by atoms with E-state index >= 15 is 0 Å². The molecule has 0 amide bonds. The van der Waals surface area contributed by atoms with Gasteiger partial charge in [0.1, 0.15) is 10.3 Å². The van der Waals surface area contributed by atoms with Crippen LogP contribution in [0.4, 0.5) is 11.4 Å². The zero-order chi connectivity index (χ0) is 14.7. The summed E-state index contributed by atoms with van der Waals surface area (Å²) in [6.45, 7) is 4.23. The van der Waals surface area contributed by atoms with Crippen LogP contribution in [0.3, 0.4) is 0 Å². The number of anilines is 1. The summed E-state index contributed by atoms with van der Waals surface area (Å²) in [5.74, 6) is 0. The second kappa shape index (κ2) is 6.00. The van der Waals surface area contributed by atoms with Gasteiger partial charge in [0.2, 0.25) is 0 Å². The number of nitro groups is 1. The quantitative estimate of drug-likeness (QED) is 0.521. The van der Waals surface area contributed by atoms with Crippen LogP contribution in [0.2, 0.25) is 0 Å². The third-order valence-electron chi connectivity index (χ3n) is 3.04. The van der Waals surface area contributed by atoms with Gasteiger partial charge >= 0.3 is 0 Å². The first-order valence-electron chi connectivity index (χ1n) is 6.08. The third-order valence-corrected chi connectivity index (χ3v) is 3.48. The van der Waals surface area contributed by atoms with Crippen LogP contribution >= 0.6 is 15.9 Å². The highest BCUT2D eigenvalue weighted by Crippen LogP contribution is 2.28. The highest BCUT2D eigenvalue weighted by molar-refractivity contribution is 9.10. The summed E-state index contributed by atoms with van der Waals surface area (Å²) >= 11 is 3.30. The largest absolute Gasteiger partial charge is 0.374 e. The first kappa shape index (κ1) is 14.5. The number of nitrogens with one attached hydrogen (secondary N) is 1. The van der Waals surface area contributed by atoms with Crippen molar-refractivity contribution in [3.8, 4) is 0 Å². The van der Waals surface area contributed by atoms with Gasteiger partial charge in [0.15, 0.2) is 0 Å². The second-order valence-electron chi connectivity index (χ2n) is 4.52. The number of hydrogen-bond donors (Lipinski definition) is 1. The number of nitro benzene ring substituents is 1. The van der Waals surface area contributed by atoms with E-state index in [1.54, 1.807) is 12.1 Å². The van der Waals surface area contributed by atoms with E-state index in [1.165, 1.54) is 0 Å². The van der Waals surface area contributed by atoms with Gasteiger partial charge in [-0.25, -0.2) is 4.98 Å². The molecule has 1 aromatic carbocycles. The van der Waals surface area contributed by atoms with Crippen molar-refractivity contribution < 1.29 is 4.92 Å². The molecule has 0 radical (unpaired) electrons. The van der Waals surface area contributed by atoms with Gasteiger partial charge in [-0.05, 0) is 59.1 Å². The summed E-state index contributed by atoms with van der Waals surface area (Å²) in [5.41, 5.74) is 3.33. The predicted octanol–water partition coefficient (Wildman–Crippen LogP) is 3.98. The Balaban J connectivity index is 2.24. The maximum Gasteiger partial charge on any atom is 0.292 e. The molecule has 0 unspecified atom stereocenters. The molecule has 0 aliphatic rings. The fourth-order valence-corrected chi connectivity index (χ4v) is 2.21. The van der Waals surface area contributed by atoms with Gasteiger partial charge in [0.25, 0.3) is 5.69 Å². The van der Waals surface area contributed by atoms with Gasteiger partial charge in [0.05, 0.1) is 17.2 Å². The van der Waals surface area contributed by atoms with Crippen molar-refractivity contribution in [3.05, 3.63) is 61.9 Å². The van der Waals surface area contributed by atoms with E-state index in [-0.39, 0.29) is 10.6 Å². The maximum absolute atomic E-state index is 11.1. The number of benzene rings is 1. The molecule has 1 N–H and O–H groups in total. The van der Waals surface area contributed by atoms with E-state index in [4.69, 9.17) is 0 Å². The van der Waals surface area contributed by atoms with E-state index in [1.807, 2.05) is 32.0 Å². The number of aryl methyl sites for hydroxylation is 2. The van der Waals surface area contributed by atoms with E-state index in [0.717, 1.165) is 21.4 Å².